The number of phosphoric acid groups is 2. The highest BCUT2D eigenvalue weighted by Crippen LogP contribution is 2.43. The minimum absolute atomic E-state index is 0.299. The summed E-state index contributed by atoms with van der Waals surface area (Å²) in [6.07, 6.45) is -9.21. The van der Waals surface area contributed by atoms with Crippen molar-refractivity contribution in [1.82, 2.24) is 0 Å². The summed E-state index contributed by atoms with van der Waals surface area (Å²) in [5.41, 5.74) is 0. The van der Waals surface area contributed by atoms with E-state index in [9.17, 15) is 19.0 Å². The van der Waals surface area contributed by atoms with Gasteiger partial charge in [-0.2, -0.15) is 0 Å². The zero-order chi connectivity index (χ0) is 16.1. The second-order valence-electron chi connectivity index (χ2n) is 3.50. The zero-order valence-electron chi connectivity index (χ0n) is 9.66. The summed E-state index contributed by atoms with van der Waals surface area (Å²) >= 11 is 0. The van der Waals surface area contributed by atoms with Crippen molar-refractivity contribution < 1.29 is 57.9 Å². The molecule has 0 aliphatic heterocycles. The van der Waals surface area contributed by atoms with Crippen molar-refractivity contribution in [2.75, 3.05) is 6.61 Å². The minimum Gasteiger partial charge on any atom is -0.394 e. The van der Waals surface area contributed by atoms with Crippen LogP contribution in [-0.4, -0.2) is 72.2 Å². The molecule has 0 radical (unpaired) electrons. The smallest absolute Gasteiger partial charge is 0.394 e. The Hall–Kier alpha value is -0.230. The maximum Gasteiger partial charge on any atom is 0.470 e. The first-order chi connectivity index (χ1) is 8.91. The predicted molar refractivity (Wildman–Crippen MR) is 59.0 cm³/mol. The van der Waals surface area contributed by atoms with E-state index in [2.05, 4.69) is 9.05 Å². The molecule has 14 heteroatoms. The Morgan fingerprint density at radius 1 is 1.00 bits per heavy atom. The molecule has 0 bridgehead atoms. The predicted octanol–water partition coefficient (Wildman–Crippen LogP) is -3.14. The van der Waals surface area contributed by atoms with E-state index in [1.807, 2.05) is 0 Å². The minimum atomic E-state index is -5.30. The van der Waals surface area contributed by atoms with Gasteiger partial charge in [0.05, 0.1) is 6.61 Å². The molecule has 0 heterocycles. The highest BCUT2D eigenvalue weighted by Gasteiger charge is 2.41. The van der Waals surface area contributed by atoms with Crippen LogP contribution in [0.1, 0.15) is 0 Å². The fraction of sp³-hybridized carbons (Fsp3) is 0.833. The molecule has 120 valence electrons. The van der Waals surface area contributed by atoms with Gasteiger partial charge in [0.25, 0.3) is 0 Å². The van der Waals surface area contributed by atoms with Crippen LogP contribution in [0.15, 0.2) is 0 Å². The first-order valence-corrected chi connectivity index (χ1v) is 7.87. The normalized spacial score (nSPS) is 19.1. The fourth-order valence-electron chi connectivity index (χ4n) is 1.12. The summed E-state index contributed by atoms with van der Waals surface area (Å²) in [6.45, 7) is -1.08. The number of carbonyl (C=O) groups is 1. The van der Waals surface area contributed by atoms with Crippen LogP contribution < -0.4 is 0 Å². The summed E-state index contributed by atoms with van der Waals surface area (Å²) in [4.78, 5) is 44.9. The van der Waals surface area contributed by atoms with E-state index in [4.69, 9.17) is 29.8 Å². The Kier molecular flexibility index (Phi) is 7.60. The molecule has 0 aromatic heterocycles. The molecule has 0 spiro atoms. The summed E-state index contributed by atoms with van der Waals surface area (Å²) in [5, 5.41) is 27.2. The van der Waals surface area contributed by atoms with Gasteiger partial charge in [-0.25, -0.2) is 9.13 Å². The number of carbonyl (C=O) groups excluding carboxylic acids is 1. The third-order valence-corrected chi connectivity index (χ3v) is 2.93. The van der Waals surface area contributed by atoms with Gasteiger partial charge < -0.3 is 39.7 Å². The third kappa shape index (κ3) is 7.53. The Morgan fingerprint density at radius 3 is 1.75 bits per heavy atom. The van der Waals surface area contributed by atoms with Crippen molar-refractivity contribution in [2.45, 2.75) is 24.4 Å². The van der Waals surface area contributed by atoms with E-state index in [-0.39, 0.29) is 6.29 Å². The van der Waals surface area contributed by atoms with Gasteiger partial charge in [-0.15, -0.1) is 0 Å². The van der Waals surface area contributed by atoms with Crippen LogP contribution in [0.3, 0.4) is 0 Å². The number of rotatable bonds is 9. The van der Waals surface area contributed by atoms with Crippen LogP contribution in [0, 0.1) is 0 Å². The molecule has 4 atom stereocenters. The lowest BCUT2D eigenvalue weighted by Crippen LogP contribution is -2.48. The quantitative estimate of drug-likeness (QED) is 0.164. The van der Waals surface area contributed by atoms with E-state index in [0.29, 0.717) is 0 Å². The lowest BCUT2D eigenvalue weighted by atomic mass is 10.0. The van der Waals surface area contributed by atoms with Gasteiger partial charge in [-0.1, -0.05) is 0 Å². The Bertz CT molecular complexity index is 399. The Balaban J connectivity index is 5.31. The maximum absolute atomic E-state index is 10.7. The van der Waals surface area contributed by atoms with Crippen LogP contribution in [0.4, 0.5) is 0 Å². The molecule has 0 amide bonds. The van der Waals surface area contributed by atoms with Crippen LogP contribution >= 0.6 is 15.6 Å². The summed E-state index contributed by atoms with van der Waals surface area (Å²) in [7, 11) is -10.6. The molecule has 0 rings (SSSR count). The van der Waals surface area contributed by atoms with Gasteiger partial charge in [0, 0.05) is 0 Å². The zero-order valence-corrected chi connectivity index (χ0v) is 11.4. The van der Waals surface area contributed by atoms with E-state index in [0.717, 1.165) is 0 Å². The van der Waals surface area contributed by atoms with E-state index in [1.165, 1.54) is 0 Å². The monoisotopic (exact) mass is 340 g/mol. The van der Waals surface area contributed by atoms with Crippen LogP contribution in [0.5, 0.6) is 0 Å². The number of aliphatic hydroxyl groups excluding tert-OH is 3. The van der Waals surface area contributed by atoms with Crippen molar-refractivity contribution >= 4 is 21.9 Å². The van der Waals surface area contributed by atoms with Crippen molar-refractivity contribution in [1.29, 1.82) is 0 Å². The molecule has 20 heavy (non-hydrogen) atoms. The number of aliphatic hydroxyl groups is 3. The summed E-state index contributed by atoms with van der Waals surface area (Å²) in [6, 6.07) is 0. The van der Waals surface area contributed by atoms with Gasteiger partial charge in [-0.3, -0.25) is 9.05 Å². The lowest BCUT2D eigenvalue weighted by Gasteiger charge is -2.29. The van der Waals surface area contributed by atoms with Crippen molar-refractivity contribution in [3.05, 3.63) is 0 Å². The maximum atomic E-state index is 10.7. The third-order valence-electron chi connectivity index (χ3n) is 1.89. The second kappa shape index (κ2) is 7.69. The molecule has 0 aliphatic rings. The van der Waals surface area contributed by atoms with Gasteiger partial charge >= 0.3 is 15.6 Å². The molecule has 12 nitrogen and oxygen atoms in total. The Morgan fingerprint density at radius 2 is 1.45 bits per heavy atom. The molecule has 0 fully saturated rings. The van der Waals surface area contributed by atoms with Crippen molar-refractivity contribution in [3.63, 3.8) is 0 Å². The standard InChI is InChI=1S/C6H14O12P2/c7-1-3(9)5(10)6(18-20(14,15)16)4(2-8)17-19(11,12)13/h2-7,9-10H,1H2,(H2,11,12,13)(H2,14,15,16)/t3-,4-,5-,6+/m1/s1. The molecule has 7 N–H and O–H groups in total. The average molecular weight is 340 g/mol. The molecule has 0 saturated heterocycles. The van der Waals surface area contributed by atoms with E-state index in [1.54, 1.807) is 0 Å². The average Bonchev–Trinajstić information content (AvgIpc) is 2.29. The number of hydrogen-bond acceptors (Lipinski definition) is 8. The summed E-state index contributed by atoms with van der Waals surface area (Å²) < 4.78 is 29.2. The van der Waals surface area contributed by atoms with Crippen LogP contribution in [0.25, 0.3) is 0 Å². The molecular weight excluding hydrogens is 326 g/mol. The van der Waals surface area contributed by atoms with Crippen LogP contribution in [-0.2, 0) is 23.0 Å². The molecule has 0 aromatic carbocycles. The second-order valence-corrected chi connectivity index (χ2v) is 5.88. The Labute approximate surface area is 112 Å². The topological polar surface area (TPSA) is 211 Å². The van der Waals surface area contributed by atoms with Gasteiger partial charge in [-0.05, 0) is 0 Å². The molecule has 0 aliphatic carbocycles. The van der Waals surface area contributed by atoms with E-state index >= 15 is 0 Å². The van der Waals surface area contributed by atoms with Gasteiger partial charge in [0.2, 0.25) is 0 Å². The van der Waals surface area contributed by atoms with Gasteiger partial charge in [0.15, 0.2) is 12.4 Å². The SMILES string of the molecule is O=C[C@@H](OP(=O)(O)O)[C@H](OP(=O)(O)O)[C@H](O)[C@H](O)CO. The number of phosphoric ester groups is 2. The first kappa shape index (κ1) is 19.8. The highest BCUT2D eigenvalue weighted by atomic mass is 31.2. The number of hydrogen-bond donors (Lipinski definition) is 7. The summed E-state index contributed by atoms with van der Waals surface area (Å²) in [5.74, 6) is 0. The molecule has 0 unspecified atom stereocenters. The fourth-order valence-corrected chi connectivity index (χ4v) is 2.17. The molecule has 0 aromatic rings. The molecular formula is C6H14O12P2. The van der Waals surface area contributed by atoms with Gasteiger partial charge in [0.1, 0.15) is 18.3 Å². The van der Waals surface area contributed by atoms with Crippen molar-refractivity contribution in [2.24, 2.45) is 0 Å². The van der Waals surface area contributed by atoms with Crippen LogP contribution in [0.2, 0.25) is 0 Å². The first-order valence-electron chi connectivity index (χ1n) is 4.81. The lowest BCUT2D eigenvalue weighted by molar-refractivity contribution is -0.133. The number of aldehydes is 1. The highest BCUT2D eigenvalue weighted by molar-refractivity contribution is 7.46. The molecule has 0 saturated carbocycles. The van der Waals surface area contributed by atoms with E-state index < -0.39 is 46.7 Å². The van der Waals surface area contributed by atoms with Crippen molar-refractivity contribution in [3.8, 4) is 0 Å². The largest absolute Gasteiger partial charge is 0.470 e.